The summed E-state index contributed by atoms with van der Waals surface area (Å²) in [6.07, 6.45) is 1.60. The van der Waals surface area contributed by atoms with E-state index in [4.69, 9.17) is 23.2 Å². The van der Waals surface area contributed by atoms with Crippen molar-refractivity contribution in [3.63, 3.8) is 0 Å². The molecule has 1 aliphatic heterocycles. The number of rotatable bonds is 6. The largest absolute Gasteiger partial charge is 0.321 e. The van der Waals surface area contributed by atoms with Gasteiger partial charge in [0.25, 0.3) is 5.91 Å². The lowest BCUT2D eigenvalue weighted by Gasteiger charge is -2.17. The molecule has 4 rings (SSSR count). The van der Waals surface area contributed by atoms with E-state index in [-0.39, 0.29) is 32.5 Å². The molecule has 9 heteroatoms. The lowest BCUT2D eigenvalue weighted by atomic mass is 10.0. The summed E-state index contributed by atoms with van der Waals surface area (Å²) in [6, 6.07) is 17.2. The molecular weight excluding hydrogens is 483 g/mol. The molecule has 0 saturated carbocycles. The summed E-state index contributed by atoms with van der Waals surface area (Å²) in [4.78, 5) is 26.1. The van der Waals surface area contributed by atoms with Gasteiger partial charge in [0.15, 0.2) is 5.78 Å². The number of ketones is 1. The summed E-state index contributed by atoms with van der Waals surface area (Å²) in [5.41, 5.74) is 0.873. The molecule has 1 aliphatic rings. The number of anilines is 1. The number of hydrogen-bond donors (Lipinski definition) is 1. The van der Waals surface area contributed by atoms with Crippen LogP contribution in [-0.2, 0) is 10.0 Å². The fourth-order valence-corrected chi connectivity index (χ4v) is 5.58. The first-order valence-electron chi connectivity index (χ1n) is 10.3. The minimum Gasteiger partial charge on any atom is -0.321 e. The third kappa shape index (κ3) is 4.96. The molecule has 33 heavy (non-hydrogen) atoms. The van der Waals surface area contributed by atoms with Gasteiger partial charge in [-0.1, -0.05) is 53.5 Å². The summed E-state index contributed by atoms with van der Waals surface area (Å²) < 4.78 is 27.2. The minimum atomic E-state index is -3.72. The van der Waals surface area contributed by atoms with Gasteiger partial charge >= 0.3 is 0 Å². The highest BCUT2D eigenvalue weighted by Crippen LogP contribution is 2.28. The van der Waals surface area contributed by atoms with Gasteiger partial charge in [-0.3, -0.25) is 9.59 Å². The quantitative estimate of drug-likeness (QED) is 0.465. The molecular formula is C24H20Cl2N2O4S. The Morgan fingerprint density at radius 3 is 2.24 bits per heavy atom. The smallest absolute Gasteiger partial charge is 0.257 e. The van der Waals surface area contributed by atoms with Crippen molar-refractivity contribution < 1.29 is 18.0 Å². The minimum absolute atomic E-state index is 0.00404. The third-order valence-electron chi connectivity index (χ3n) is 5.40. The zero-order chi connectivity index (χ0) is 23.6. The van der Waals surface area contributed by atoms with Crippen LogP contribution in [-0.4, -0.2) is 37.5 Å². The average molecular weight is 503 g/mol. The van der Waals surface area contributed by atoms with E-state index >= 15 is 0 Å². The highest BCUT2D eigenvalue weighted by molar-refractivity contribution is 7.89. The van der Waals surface area contributed by atoms with Crippen LogP contribution in [0.3, 0.4) is 0 Å². The van der Waals surface area contributed by atoms with Crippen molar-refractivity contribution in [2.75, 3.05) is 18.4 Å². The maximum Gasteiger partial charge on any atom is 0.257 e. The molecule has 0 aliphatic carbocycles. The molecule has 6 nitrogen and oxygen atoms in total. The van der Waals surface area contributed by atoms with Gasteiger partial charge in [0.05, 0.1) is 21.2 Å². The van der Waals surface area contributed by atoms with Crippen LogP contribution in [0.2, 0.25) is 10.0 Å². The molecule has 0 spiro atoms. The average Bonchev–Trinajstić information content (AvgIpc) is 3.36. The molecule has 170 valence electrons. The lowest BCUT2D eigenvalue weighted by Crippen LogP contribution is -2.28. The number of nitrogens with one attached hydrogen (secondary N) is 1. The number of benzene rings is 3. The highest BCUT2D eigenvalue weighted by Gasteiger charge is 2.28. The molecule has 0 bridgehead atoms. The normalized spacial score (nSPS) is 14.2. The molecule has 3 aromatic carbocycles. The second-order valence-electron chi connectivity index (χ2n) is 7.59. The Morgan fingerprint density at radius 1 is 0.848 bits per heavy atom. The zero-order valence-corrected chi connectivity index (χ0v) is 19.8. The second kappa shape index (κ2) is 9.65. The number of hydrogen-bond acceptors (Lipinski definition) is 4. The summed E-state index contributed by atoms with van der Waals surface area (Å²) >= 11 is 12.3. The van der Waals surface area contributed by atoms with Crippen molar-refractivity contribution in [2.24, 2.45) is 0 Å². The van der Waals surface area contributed by atoms with Gasteiger partial charge in [0.2, 0.25) is 10.0 Å². The number of nitrogens with zero attached hydrogens (tertiary/aromatic N) is 1. The molecule has 0 unspecified atom stereocenters. The van der Waals surface area contributed by atoms with Gasteiger partial charge in [-0.2, -0.15) is 4.31 Å². The first kappa shape index (κ1) is 23.4. The molecule has 1 saturated heterocycles. The molecule has 1 N–H and O–H groups in total. The lowest BCUT2D eigenvalue weighted by molar-refractivity contribution is 0.102. The van der Waals surface area contributed by atoms with Crippen LogP contribution in [0.1, 0.15) is 39.1 Å². The van der Waals surface area contributed by atoms with E-state index in [0.717, 1.165) is 12.8 Å². The van der Waals surface area contributed by atoms with Crippen LogP contribution in [0.5, 0.6) is 0 Å². The van der Waals surface area contributed by atoms with Crippen LogP contribution < -0.4 is 5.32 Å². The van der Waals surface area contributed by atoms with Crippen molar-refractivity contribution in [1.82, 2.24) is 4.31 Å². The standard InChI is InChI=1S/C24H20Cl2N2O4S/c25-17-8-11-22(20(14-17)23(29)16-6-2-1-3-7-16)27-24(30)19-15-18(9-10-21(19)26)33(31,32)28-12-4-5-13-28/h1-3,6-11,14-15H,4-5,12-13H2,(H,27,30). The Kier molecular flexibility index (Phi) is 6.86. The summed E-state index contributed by atoms with van der Waals surface area (Å²) in [6.45, 7) is 0.893. The molecule has 1 fully saturated rings. The van der Waals surface area contributed by atoms with Crippen molar-refractivity contribution in [3.8, 4) is 0 Å². The molecule has 0 aromatic heterocycles. The number of sulfonamides is 1. The topological polar surface area (TPSA) is 83.5 Å². The Hall–Kier alpha value is -2.71. The van der Waals surface area contributed by atoms with E-state index in [9.17, 15) is 18.0 Å². The van der Waals surface area contributed by atoms with Crippen molar-refractivity contribution in [3.05, 3.63) is 93.5 Å². The first-order chi connectivity index (χ1) is 15.8. The fraction of sp³-hybridized carbons (Fsp3) is 0.167. The molecule has 0 atom stereocenters. The van der Waals surface area contributed by atoms with E-state index in [0.29, 0.717) is 23.7 Å². The maximum absolute atomic E-state index is 13.1. The Morgan fingerprint density at radius 2 is 1.55 bits per heavy atom. The molecule has 1 amide bonds. The Bertz CT molecular complexity index is 1320. The zero-order valence-electron chi connectivity index (χ0n) is 17.4. The monoisotopic (exact) mass is 502 g/mol. The highest BCUT2D eigenvalue weighted by atomic mass is 35.5. The van der Waals surface area contributed by atoms with Crippen LogP contribution in [0.25, 0.3) is 0 Å². The van der Waals surface area contributed by atoms with E-state index in [1.165, 1.54) is 34.6 Å². The molecule has 3 aromatic rings. The van der Waals surface area contributed by atoms with E-state index in [1.54, 1.807) is 36.4 Å². The third-order valence-corrected chi connectivity index (χ3v) is 7.85. The van der Waals surface area contributed by atoms with Crippen LogP contribution in [0.15, 0.2) is 71.6 Å². The molecule has 1 heterocycles. The van der Waals surface area contributed by atoms with Crippen LogP contribution >= 0.6 is 23.2 Å². The Balaban J connectivity index is 1.66. The predicted octanol–water partition coefficient (Wildman–Crippen LogP) is 5.26. The van der Waals surface area contributed by atoms with E-state index in [2.05, 4.69) is 5.32 Å². The summed E-state index contributed by atoms with van der Waals surface area (Å²) in [5, 5.41) is 3.11. The SMILES string of the molecule is O=C(Nc1ccc(Cl)cc1C(=O)c1ccccc1)c1cc(S(=O)(=O)N2CCCC2)ccc1Cl. The van der Waals surface area contributed by atoms with Crippen LogP contribution in [0, 0.1) is 0 Å². The van der Waals surface area contributed by atoms with Gasteiger partial charge in [-0.05, 0) is 49.2 Å². The van der Waals surface area contributed by atoms with E-state index < -0.39 is 15.9 Å². The van der Waals surface area contributed by atoms with Gasteiger partial charge < -0.3 is 5.32 Å². The van der Waals surface area contributed by atoms with Crippen LogP contribution in [0.4, 0.5) is 5.69 Å². The number of amides is 1. The maximum atomic E-state index is 13.1. The van der Waals surface area contributed by atoms with Crippen molar-refractivity contribution in [1.29, 1.82) is 0 Å². The van der Waals surface area contributed by atoms with Crippen molar-refractivity contribution in [2.45, 2.75) is 17.7 Å². The summed E-state index contributed by atoms with van der Waals surface area (Å²) in [5.74, 6) is -0.951. The predicted molar refractivity (Wildman–Crippen MR) is 129 cm³/mol. The number of carbonyl (C=O) groups excluding carboxylic acids is 2. The number of carbonyl (C=O) groups is 2. The van der Waals surface area contributed by atoms with Gasteiger partial charge in [-0.25, -0.2) is 8.42 Å². The van der Waals surface area contributed by atoms with Gasteiger partial charge in [-0.15, -0.1) is 0 Å². The second-order valence-corrected chi connectivity index (χ2v) is 10.4. The van der Waals surface area contributed by atoms with Gasteiger partial charge in [0.1, 0.15) is 0 Å². The van der Waals surface area contributed by atoms with Crippen molar-refractivity contribution >= 4 is 50.6 Å². The molecule has 0 radical (unpaired) electrons. The fourth-order valence-electron chi connectivity index (χ4n) is 3.66. The first-order valence-corrected chi connectivity index (χ1v) is 12.5. The summed E-state index contributed by atoms with van der Waals surface area (Å²) in [7, 11) is -3.72. The Labute approximate surface area is 202 Å². The van der Waals surface area contributed by atoms with E-state index in [1.807, 2.05) is 0 Å². The number of halogens is 2. The van der Waals surface area contributed by atoms with Gasteiger partial charge in [0, 0.05) is 29.2 Å².